The Labute approximate surface area is 544 Å². The van der Waals surface area contributed by atoms with Crippen LogP contribution in [0.3, 0.4) is 0 Å². The number of hydrogen-bond acceptors (Lipinski definition) is 14. The molecule has 520 valence electrons. The molecule has 0 aliphatic carbocycles. The van der Waals surface area contributed by atoms with E-state index >= 15 is 24.0 Å². The fourth-order valence-corrected chi connectivity index (χ4v) is 12.1. The third-order valence-electron chi connectivity index (χ3n) is 18.1. The van der Waals surface area contributed by atoms with Crippen LogP contribution in [0, 0.1) is 35.5 Å². The van der Waals surface area contributed by atoms with E-state index in [4.69, 9.17) is 4.74 Å². The highest BCUT2D eigenvalue weighted by Crippen LogP contribution is 2.26. The Bertz CT molecular complexity index is 2500. The van der Waals surface area contributed by atoms with Crippen molar-refractivity contribution in [3.8, 4) is 0 Å². The molecule has 2 saturated heterocycles. The molecule has 0 aromatic heterocycles. The van der Waals surface area contributed by atoms with Crippen LogP contribution in [-0.2, 0) is 57.5 Å². The van der Waals surface area contributed by atoms with E-state index in [1.165, 1.54) is 102 Å². The number of aliphatic hydroxyl groups is 1. The highest BCUT2D eigenvalue weighted by molar-refractivity contribution is 6.00. The largest absolute Gasteiger partial charge is 0.390 e. The standard InChI is InChI=1S/C66H118N12O13/c1-25-27-30-42(13)55(79)54-59(83)69-46(26-2)62(86)71(17)45(16)61(85)76(22)53(50(91-24)36-78-31-28-29-32-78)58(82)70-51(40(9)10)65(89)72(18)47(33-37(3)4)57(81)67-43(14)56(80)68-44(15)60(84)73(19)48(34-38(5)6)63(87)74(20)49(35-39(7)8)64(88)75(21)52(41(11)12)66(90)77(54)23/h25,27,37-55,79H,26,28-36H2,1-24H3,(H,67,81)(H,68,80)(H,69,83)(H,70,82)/b27-25+/t42-,43+,44-,45-,46+,47+,48+,49+,50+,51?,52?,53+,54+,55-/m1/s1. The van der Waals surface area contributed by atoms with Gasteiger partial charge in [-0.1, -0.05) is 95.2 Å². The van der Waals surface area contributed by atoms with Crippen molar-refractivity contribution in [1.82, 2.24) is 60.5 Å². The van der Waals surface area contributed by atoms with Gasteiger partial charge in [-0.15, -0.1) is 0 Å². The van der Waals surface area contributed by atoms with Crippen LogP contribution < -0.4 is 21.3 Å². The fourth-order valence-electron chi connectivity index (χ4n) is 12.1. The molecule has 2 fully saturated rings. The Balaban J connectivity index is 3.06. The van der Waals surface area contributed by atoms with E-state index in [9.17, 15) is 33.9 Å². The van der Waals surface area contributed by atoms with E-state index in [2.05, 4.69) is 26.2 Å². The fraction of sp³-hybridized carbons (Fsp3) is 0.803. The summed E-state index contributed by atoms with van der Waals surface area (Å²) in [6, 6.07) is -14.1. The number of hydrogen-bond donors (Lipinski definition) is 5. The molecule has 2 rings (SSSR count). The number of aliphatic hydroxyl groups excluding tert-OH is 1. The molecule has 0 aromatic rings. The summed E-state index contributed by atoms with van der Waals surface area (Å²) in [4.78, 5) is 174. The van der Waals surface area contributed by atoms with E-state index < -0.39 is 161 Å². The molecule has 2 heterocycles. The first-order valence-corrected chi connectivity index (χ1v) is 32.9. The highest BCUT2D eigenvalue weighted by atomic mass is 16.5. The lowest BCUT2D eigenvalue weighted by Crippen LogP contribution is -2.64. The topological polar surface area (TPSA) is 291 Å². The number of ether oxygens (including phenoxy) is 1. The van der Waals surface area contributed by atoms with Gasteiger partial charge in [-0.3, -0.25) is 52.7 Å². The number of likely N-dealkylation sites (tertiary alicyclic amines) is 1. The first kappa shape index (κ1) is 80.9. The maximum Gasteiger partial charge on any atom is 0.246 e. The predicted molar refractivity (Wildman–Crippen MR) is 350 cm³/mol. The molecule has 14 atom stereocenters. The van der Waals surface area contributed by atoms with Gasteiger partial charge < -0.3 is 70.3 Å². The summed E-state index contributed by atoms with van der Waals surface area (Å²) in [5, 5.41) is 23.3. The van der Waals surface area contributed by atoms with Crippen molar-refractivity contribution in [2.45, 2.75) is 234 Å². The minimum Gasteiger partial charge on any atom is -0.390 e. The normalized spacial score (nSPS) is 28.1. The zero-order valence-electron chi connectivity index (χ0n) is 59.6. The van der Waals surface area contributed by atoms with Gasteiger partial charge in [0.05, 0.1) is 12.2 Å². The number of amides is 11. The molecule has 2 aliphatic heterocycles. The molecular weight excluding hydrogens is 1170 g/mol. The van der Waals surface area contributed by atoms with Crippen LogP contribution in [-0.4, -0.2) is 264 Å². The van der Waals surface area contributed by atoms with Crippen molar-refractivity contribution in [3.63, 3.8) is 0 Å². The summed E-state index contributed by atoms with van der Waals surface area (Å²) in [5.74, 6) is -9.96. The number of methoxy groups -OCH3 is 1. The average Bonchev–Trinajstić information content (AvgIpc) is 0.883. The second-order valence-electron chi connectivity index (χ2n) is 27.5. The zero-order chi connectivity index (χ0) is 70.0. The monoisotopic (exact) mass is 1290 g/mol. The Morgan fingerprint density at radius 2 is 0.945 bits per heavy atom. The summed E-state index contributed by atoms with van der Waals surface area (Å²) in [6.45, 7) is 29.3. The third kappa shape index (κ3) is 21.7. The van der Waals surface area contributed by atoms with Crippen molar-refractivity contribution < 1.29 is 62.6 Å². The minimum atomic E-state index is -1.63. The van der Waals surface area contributed by atoms with E-state index in [1.54, 1.807) is 54.5 Å². The second-order valence-corrected chi connectivity index (χ2v) is 27.5. The molecule has 0 aromatic carbocycles. The minimum absolute atomic E-state index is 0.00396. The number of rotatable bonds is 17. The summed E-state index contributed by atoms with van der Waals surface area (Å²) < 4.78 is 6.04. The Morgan fingerprint density at radius 3 is 1.42 bits per heavy atom. The molecular formula is C66H118N12O13. The number of likely N-dealkylation sites (N-methyl/N-ethyl adjacent to an activating group) is 7. The predicted octanol–water partition coefficient (Wildman–Crippen LogP) is 2.72. The van der Waals surface area contributed by atoms with Crippen LogP contribution in [0.15, 0.2) is 12.2 Å². The Kier molecular flexibility index (Phi) is 32.8. The molecule has 2 unspecified atom stereocenters. The van der Waals surface area contributed by atoms with Gasteiger partial charge in [0, 0.05) is 63.0 Å². The number of carbonyl (C=O) groups excluding carboxylic acids is 11. The van der Waals surface area contributed by atoms with Gasteiger partial charge in [-0.2, -0.15) is 0 Å². The van der Waals surface area contributed by atoms with Crippen LogP contribution in [0.2, 0.25) is 0 Å². The lowest BCUT2D eigenvalue weighted by Gasteiger charge is -2.41. The first-order valence-electron chi connectivity index (χ1n) is 32.9. The van der Waals surface area contributed by atoms with Gasteiger partial charge in [0.1, 0.15) is 66.5 Å². The van der Waals surface area contributed by atoms with Crippen molar-refractivity contribution in [1.29, 1.82) is 0 Å². The summed E-state index contributed by atoms with van der Waals surface area (Å²) >= 11 is 0. The molecule has 0 spiro atoms. The molecule has 25 nitrogen and oxygen atoms in total. The van der Waals surface area contributed by atoms with Gasteiger partial charge in [0.25, 0.3) is 0 Å². The van der Waals surface area contributed by atoms with Gasteiger partial charge in [-0.05, 0) is 121 Å². The molecule has 5 N–H and O–H groups in total. The van der Waals surface area contributed by atoms with Crippen molar-refractivity contribution in [3.05, 3.63) is 12.2 Å². The van der Waals surface area contributed by atoms with Gasteiger partial charge >= 0.3 is 0 Å². The Morgan fingerprint density at radius 1 is 0.495 bits per heavy atom. The number of nitrogens with zero attached hydrogens (tertiary/aromatic N) is 8. The zero-order valence-corrected chi connectivity index (χ0v) is 59.6. The van der Waals surface area contributed by atoms with Crippen molar-refractivity contribution >= 4 is 65.0 Å². The lowest BCUT2D eigenvalue weighted by molar-refractivity contribution is -0.157. The molecule has 0 radical (unpaired) electrons. The second kappa shape index (κ2) is 36.9. The molecule has 0 bridgehead atoms. The summed E-state index contributed by atoms with van der Waals surface area (Å²) in [5.41, 5.74) is 0. The smallest absolute Gasteiger partial charge is 0.246 e. The average molecular weight is 1290 g/mol. The molecule has 25 heteroatoms. The number of carbonyl (C=O) groups is 11. The van der Waals surface area contributed by atoms with Crippen LogP contribution in [0.1, 0.15) is 156 Å². The van der Waals surface area contributed by atoms with Crippen molar-refractivity contribution in [2.75, 3.05) is 76.1 Å². The molecule has 0 saturated carbocycles. The third-order valence-corrected chi connectivity index (χ3v) is 18.1. The maximum atomic E-state index is 15.3. The molecule has 11 amide bonds. The van der Waals surface area contributed by atoms with Crippen LogP contribution >= 0.6 is 0 Å². The van der Waals surface area contributed by atoms with Gasteiger partial charge in [0.2, 0.25) is 65.0 Å². The van der Waals surface area contributed by atoms with Gasteiger partial charge in [0.15, 0.2) is 0 Å². The van der Waals surface area contributed by atoms with E-state index in [0.29, 0.717) is 19.5 Å². The Hall–Kier alpha value is -6.21. The summed E-state index contributed by atoms with van der Waals surface area (Å²) in [7, 11) is 11.3. The molecule has 91 heavy (non-hydrogen) atoms. The number of allylic oxidation sites excluding steroid dienone is 2. The highest BCUT2D eigenvalue weighted by Gasteiger charge is 2.47. The van der Waals surface area contributed by atoms with Crippen LogP contribution in [0.25, 0.3) is 0 Å². The summed E-state index contributed by atoms with van der Waals surface area (Å²) in [6.07, 6.45) is 3.64. The van der Waals surface area contributed by atoms with E-state index in [1.807, 2.05) is 47.6 Å². The SMILES string of the molecule is C/C=C/C[C@@H](C)[C@@H](O)[C@H]1C(=O)N[C@@H](CC)C(=O)N(C)[C@H](C)C(=O)N(C)[C@@H]([C@H](CN2CCCC2)OC)C(=O)NC(C(C)C)C(=O)N(C)[C@@H](CC(C)C)C(=O)N[C@@H](C)C(=O)N[C@H](C)C(=O)N(C)[C@@H](CC(C)C)C(=O)N(C)[C@@H](CC(C)C)C(=O)N(C)C(C(C)C)C(=O)N1C. The maximum absolute atomic E-state index is 15.3. The quantitative estimate of drug-likeness (QED) is 0.131. The molecule has 2 aliphatic rings. The van der Waals surface area contributed by atoms with Crippen LogP contribution in [0.5, 0.6) is 0 Å². The van der Waals surface area contributed by atoms with Crippen molar-refractivity contribution in [2.24, 2.45) is 35.5 Å². The van der Waals surface area contributed by atoms with E-state index in [-0.39, 0.29) is 50.0 Å². The lowest BCUT2D eigenvalue weighted by atomic mass is 9.91. The van der Waals surface area contributed by atoms with E-state index in [0.717, 1.165) is 22.6 Å². The first-order chi connectivity index (χ1) is 42.2. The van der Waals surface area contributed by atoms with Crippen LogP contribution in [0.4, 0.5) is 0 Å². The van der Waals surface area contributed by atoms with Gasteiger partial charge in [-0.25, -0.2) is 0 Å². The number of nitrogens with one attached hydrogen (secondary N) is 4.